The topological polar surface area (TPSA) is 4.93 Å². The maximum Gasteiger partial charge on any atom is 0.0754 e. The summed E-state index contributed by atoms with van der Waals surface area (Å²) in [6.07, 6.45) is 5.52. The van der Waals surface area contributed by atoms with Gasteiger partial charge in [-0.2, -0.15) is 0 Å². The standard InChI is InChI=1S/C72H49N/c1-5-18-49(19-6-1)46-64(57-39-37-56(38-40-57)53-22-9-3-10-23-53)58-41-43-61-60-42-34-51(45-59(54-24-11-4-12-25-54)44-50-32-35-55(36-33-50)52-20-7-2-8-21-52)47-67(60)72(68(61)48-58)65-28-14-16-31-70(65)73-69-30-15-13-26-62(69)63-27-17-29-66(72)71(63)73/h1-44,46-48H,45H2/b59-44-,64-46+. The summed E-state index contributed by atoms with van der Waals surface area (Å²) in [5.41, 5.74) is 25.5. The molecule has 12 aromatic rings. The van der Waals surface area contributed by atoms with E-state index >= 15 is 0 Å². The molecule has 14 rings (SSSR count). The highest BCUT2D eigenvalue weighted by Gasteiger charge is 2.51. The van der Waals surface area contributed by atoms with Crippen molar-refractivity contribution >= 4 is 45.1 Å². The van der Waals surface area contributed by atoms with Crippen LogP contribution in [-0.2, 0) is 11.8 Å². The van der Waals surface area contributed by atoms with Gasteiger partial charge in [-0.1, -0.05) is 261 Å². The summed E-state index contributed by atoms with van der Waals surface area (Å²) in [7, 11) is 0. The van der Waals surface area contributed by atoms with Gasteiger partial charge in [-0.25, -0.2) is 0 Å². The van der Waals surface area contributed by atoms with Crippen LogP contribution in [-0.4, -0.2) is 4.57 Å². The fraction of sp³-hybridized carbons (Fsp3) is 0.0278. The van der Waals surface area contributed by atoms with Crippen LogP contribution in [0.4, 0.5) is 0 Å². The number of hydrogen-bond donors (Lipinski definition) is 0. The Bertz CT molecular complexity index is 4100. The van der Waals surface area contributed by atoms with E-state index in [1.165, 1.54) is 128 Å². The van der Waals surface area contributed by atoms with E-state index in [2.05, 4.69) is 290 Å². The molecule has 1 atom stereocenters. The molecule has 1 spiro atoms. The van der Waals surface area contributed by atoms with Crippen LogP contribution in [0.25, 0.3) is 84.2 Å². The van der Waals surface area contributed by atoms with Crippen molar-refractivity contribution in [1.29, 1.82) is 0 Å². The molecule has 1 unspecified atom stereocenters. The molecule has 1 heteroatoms. The first-order chi connectivity index (χ1) is 36.2. The first-order valence-electron chi connectivity index (χ1n) is 25.4. The van der Waals surface area contributed by atoms with Crippen molar-refractivity contribution in [1.82, 2.24) is 4.57 Å². The van der Waals surface area contributed by atoms with Crippen molar-refractivity contribution in [3.8, 4) is 39.1 Å². The van der Waals surface area contributed by atoms with Crippen molar-refractivity contribution in [3.05, 3.63) is 329 Å². The van der Waals surface area contributed by atoms with Crippen LogP contribution >= 0.6 is 0 Å². The van der Waals surface area contributed by atoms with Gasteiger partial charge in [0.15, 0.2) is 0 Å². The lowest BCUT2D eigenvalue weighted by atomic mass is 9.65. The van der Waals surface area contributed by atoms with E-state index in [0.29, 0.717) is 0 Å². The Labute approximate surface area is 427 Å². The van der Waals surface area contributed by atoms with Gasteiger partial charge >= 0.3 is 0 Å². The van der Waals surface area contributed by atoms with Crippen LogP contribution in [0.15, 0.2) is 273 Å². The van der Waals surface area contributed by atoms with E-state index < -0.39 is 5.41 Å². The van der Waals surface area contributed by atoms with Crippen LogP contribution in [0.1, 0.15) is 55.6 Å². The summed E-state index contributed by atoms with van der Waals surface area (Å²) in [6.45, 7) is 0. The zero-order chi connectivity index (χ0) is 48.3. The molecule has 1 aromatic heterocycles. The SMILES string of the molecule is C(=C(\Cc1ccc2c(c1)C1(c3cc(/C(=C/c4ccccc4)c4ccc(-c5ccccc5)cc4)ccc3-2)c2ccccc2-n2c3ccccc3c3cccc1c32)c1ccccc1)/c1ccc(-c2ccccc2)cc1. The fourth-order valence-corrected chi connectivity index (χ4v) is 12.2. The lowest BCUT2D eigenvalue weighted by Gasteiger charge is -2.40. The second kappa shape index (κ2) is 17.5. The molecule has 0 N–H and O–H groups in total. The highest BCUT2D eigenvalue weighted by molar-refractivity contribution is 6.13. The monoisotopic (exact) mass is 927 g/mol. The van der Waals surface area contributed by atoms with Crippen molar-refractivity contribution in [2.24, 2.45) is 0 Å². The van der Waals surface area contributed by atoms with E-state index in [-0.39, 0.29) is 0 Å². The van der Waals surface area contributed by atoms with Gasteiger partial charge < -0.3 is 4.57 Å². The highest BCUT2D eigenvalue weighted by Crippen LogP contribution is 2.61. The smallest absolute Gasteiger partial charge is 0.0754 e. The number of rotatable bonds is 9. The maximum atomic E-state index is 2.56. The quantitative estimate of drug-likeness (QED) is 0.127. The summed E-state index contributed by atoms with van der Waals surface area (Å²) in [6, 6.07) is 101. The number of aromatic nitrogens is 1. The Hall–Kier alpha value is -9.30. The minimum atomic E-state index is -0.629. The maximum absolute atomic E-state index is 2.56. The molecule has 0 saturated heterocycles. The zero-order valence-electron chi connectivity index (χ0n) is 40.3. The predicted molar refractivity (Wildman–Crippen MR) is 307 cm³/mol. The van der Waals surface area contributed by atoms with Crippen molar-refractivity contribution in [3.63, 3.8) is 0 Å². The molecule has 11 aromatic carbocycles. The number of nitrogens with zero attached hydrogens (tertiary/aromatic N) is 1. The highest BCUT2D eigenvalue weighted by atomic mass is 15.0. The summed E-state index contributed by atoms with van der Waals surface area (Å²) in [4.78, 5) is 0. The Kier molecular flexibility index (Phi) is 10.2. The molecule has 0 saturated carbocycles. The third-order valence-electron chi connectivity index (χ3n) is 15.5. The van der Waals surface area contributed by atoms with Gasteiger partial charge in [0.25, 0.3) is 0 Å². The minimum absolute atomic E-state index is 0.629. The second-order valence-corrected chi connectivity index (χ2v) is 19.6. The van der Waals surface area contributed by atoms with Crippen LogP contribution < -0.4 is 0 Å². The molecule has 342 valence electrons. The van der Waals surface area contributed by atoms with Gasteiger partial charge in [-0.05, 0) is 131 Å². The molecule has 1 aliphatic carbocycles. The molecule has 73 heavy (non-hydrogen) atoms. The number of benzene rings is 11. The summed E-state index contributed by atoms with van der Waals surface area (Å²) in [5.74, 6) is 0. The summed E-state index contributed by atoms with van der Waals surface area (Å²) < 4.78 is 2.54. The van der Waals surface area contributed by atoms with Gasteiger partial charge in [-0.3, -0.25) is 0 Å². The van der Waals surface area contributed by atoms with E-state index in [1.54, 1.807) is 0 Å². The Morgan fingerprint density at radius 1 is 0.356 bits per heavy atom. The zero-order valence-corrected chi connectivity index (χ0v) is 40.3. The Balaban J connectivity index is 0.985. The molecule has 0 radical (unpaired) electrons. The average Bonchev–Trinajstić information content (AvgIpc) is 3.97. The second-order valence-electron chi connectivity index (χ2n) is 19.6. The minimum Gasteiger partial charge on any atom is -0.309 e. The van der Waals surface area contributed by atoms with E-state index in [9.17, 15) is 0 Å². The number of fused-ring (bicyclic) bond motifs is 12. The van der Waals surface area contributed by atoms with E-state index in [0.717, 1.165) is 6.42 Å². The first kappa shape index (κ1) is 42.6. The molecular weight excluding hydrogens is 879 g/mol. The molecule has 1 aliphatic heterocycles. The molecule has 0 amide bonds. The Morgan fingerprint density at radius 2 is 0.890 bits per heavy atom. The van der Waals surface area contributed by atoms with Crippen LogP contribution in [0.3, 0.4) is 0 Å². The van der Waals surface area contributed by atoms with E-state index in [1.807, 2.05) is 0 Å². The van der Waals surface area contributed by atoms with Crippen LogP contribution in [0.2, 0.25) is 0 Å². The average molecular weight is 928 g/mol. The largest absolute Gasteiger partial charge is 0.309 e. The molecule has 2 aliphatic rings. The lowest BCUT2D eigenvalue weighted by molar-refractivity contribution is 0.747. The van der Waals surface area contributed by atoms with Crippen LogP contribution in [0, 0.1) is 0 Å². The molecule has 0 bridgehead atoms. The van der Waals surface area contributed by atoms with Gasteiger partial charge in [0.05, 0.1) is 22.1 Å². The first-order valence-corrected chi connectivity index (χ1v) is 25.4. The summed E-state index contributed by atoms with van der Waals surface area (Å²) in [5, 5.41) is 2.55. The normalized spacial score (nSPS) is 14.6. The third kappa shape index (κ3) is 7.08. The van der Waals surface area contributed by atoms with Gasteiger partial charge in [-0.15, -0.1) is 0 Å². The third-order valence-corrected chi connectivity index (χ3v) is 15.5. The van der Waals surface area contributed by atoms with Gasteiger partial charge in [0, 0.05) is 10.8 Å². The van der Waals surface area contributed by atoms with Gasteiger partial charge in [0.2, 0.25) is 0 Å². The molecule has 1 nitrogen and oxygen atoms in total. The molecular formula is C72H49N. The number of allylic oxidation sites excluding steroid dienone is 1. The molecule has 2 heterocycles. The number of para-hydroxylation sites is 3. The summed E-state index contributed by atoms with van der Waals surface area (Å²) >= 11 is 0. The Morgan fingerprint density at radius 3 is 1.62 bits per heavy atom. The van der Waals surface area contributed by atoms with Crippen molar-refractivity contribution in [2.45, 2.75) is 11.8 Å². The number of hydrogen-bond acceptors (Lipinski definition) is 0. The van der Waals surface area contributed by atoms with Gasteiger partial charge in [0.1, 0.15) is 0 Å². The fourth-order valence-electron chi connectivity index (χ4n) is 12.2. The predicted octanol–water partition coefficient (Wildman–Crippen LogP) is 18.2. The van der Waals surface area contributed by atoms with Crippen molar-refractivity contribution < 1.29 is 0 Å². The lowest BCUT2D eigenvalue weighted by Crippen LogP contribution is -2.33. The van der Waals surface area contributed by atoms with Crippen LogP contribution in [0.5, 0.6) is 0 Å². The molecule has 0 fully saturated rings. The van der Waals surface area contributed by atoms with E-state index in [4.69, 9.17) is 0 Å². The van der Waals surface area contributed by atoms with Crippen molar-refractivity contribution in [2.75, 3.05) is 0 Å².